The highest BCUT2D eigenvalue weighted by atomic mass is 14.9. The minimum atomic E-state index is 0.693. The van der Waals surface area contributed by atoms with Crippen LogP contribution in [0, 0.1) is 0 Å². The lowest BCUT2D eigenvalue weighted by Crippen LogP contribution is -1.96. The maximum Gasteiger partial charge on any atom is 0.160 e. The van der Waals surface area contributed by atoms with Crippen LogP contribution in [0.15, 0.2) is 164 Å². The summed E-state index contributed by atoms with van der Waals surface area (Å²) >= 11 is 0. The van der Waals surface area contributed by atoms with Crippen molar-refractivity contribution in [1.29, 1.82) is 0 Å². The zero-order chi connectivity index (χ0) is 30.5. The van der Waals surface area contributed by atoms with Crippen LogP contribution in [0.1, 0.15) is 0 Å². The summed E-state index contributed by atoms with van der Waals surface area (Å²) < 4.78 is 0. The van der Waals surface area contributed by atoms with Crippen molar-refractivity contribution in [2.24, 2.45) is 0 Å². The van der Waals surface area contributed by atoms with Crippen molar-refractivity contribution >= 4 is 32.3 Å². The molecule has 3 heteroatoms. The van der Waals surface area contributed by atoms with E-state index in [1.165, 1.54) is 43.4 Å². The fourth-order valence-corrected chi connectivity index (χ4v) is 6.66. The van der Waals surface area contributed by atoms with Gasteiger partial charge in [0.1, 0.15) is 0 Å². The highest BCUT2D eigenvalue weighted by Crippen LogP contribution is 2.39. The van der Waals surface area contributed by atoms with Gasteiger partial charge in [0.05, 0.1) is 11.4 Å². The van der Waals surface area contributed by atoms with Crippen LogP contribution in [0.2, 0.25) is 0 Å². The number of benzene rings is 7. The summed E-state index contributed by atoms with van der Waals surface area (Å²) in [5.74, 6) is 0.693. The maximum atomic E-state index is 5.12. The lowest BCUT2D eigenvalue weighted by molar-refractivity contribution is 1.18. The summed E-state index contributed by atoms with van der Waals surface area (Å²) in [7, 11) is 0. The topological polar surface area (TPSA) is 38.7 Å². The molecule has 0 saturated carbocycles. The molecule has 0 aliphatic heterocycles. The van der Waals surface area contributed by atoms with Gasteiger partial charge < -0.3 is 0 Å². The van der Waals surface area contributed by atoms with Crippen LogP contribution < -0.4 is 0 Å². The third-order valence-electron chi connectivity index (χ3n) is 8.93. The quantitative estimate of drug-likeness (QED) is 0.189. The Morgan fingerprint density at radius 2 is 0.978 bits per heavy atom. The molecule has 3 nitrogen and oxygen atoms in total. The predicted octanol–water partition coefficient (Wildman–Crippen LogP) is 11.1. The van der Waals surface area contributed by atoms with Crippen LogP contribution in [0.4, 0.5) is 0 Å². The Kier molecular flexibility index (Phi) is 6.14. The first-order valence-electron chi connectivity index (χ1n) is 15.5. The fraction of sp³-hybridized carbons (Fsp3) is 0. The standard InChI is InChI=1S/C43H27N3/c1-2-7-29(8-3-1)39-26-40(46-43(45-39)35-12-5-11-34(25-35)36-13-6-24-44-27-36)30-16-14-28(15-17-30)37-22-20-33-19-18-31-9-4-10-32-21-23-38(37)42(33)41(31)32/h1-27H. The van der Waals surface area contributed by atoms with E-state index in [0.29, 0.717) is 5.82 Å². The van der Waals surface area contributed by atoms with Gasteiger partial charge in [-0.15, -0.1) is 0 Å². The van der Waals surface area contributed by atoms with Gasteiger partial charge in [0.25, 0.3) is 0 Å². The average molecular weight is 586 g/mol. The minimum absolute atomic E-state index is 0.693. The highest BCUT2D eigenvalue weighted by molar-refractivity contribution is 6.25. The Bertz CT molecular complexity index is 2490. The second-order valence-corrected chi connectivity index (χ2v) is 11.7. The molecule has 0 aliphatic carbocycles. The van der Waals surface area contributed by atoms with Crippen molar-refractivity contribution < 1.29 is 0 Å². The van der Waals surface area contributed by atoms with Crippen LogP contribution in [-0.2, 0) is 0 Å². The molecular formula is C43H27N3. The third-order valence-corrected chi connectivity index (χ3v) is 8.93. The van der Waals surface area contributed by atoms with Gasteiger partial charge in [0.15, 0.2) is 5.82 Å². The molecule has 0 saturated heterocycles. The number of pyridine rings is 1. The third kappa shape index (κ3) is 4.49. The maximum absolute atomic E-state index is 5.12. The van der Waals surface area contributed by atoms with Crippen LogP contribution in [-0.4, -0.2) is 15.0 Å². The SMILES string of the molecule is c1ccc(-c2cc(-c3ccc(-c4ccc5ccc6cccc7ccc4c5c67)cc3)nc(-c3cccc(-c4cccnc4)c3)n2)cc1. The van der Waals surface area contributed by atoms with Gasteiger partial charge in [-0.1, -0.05) is 133 Å². The summed E-state index contributed by atoms with van der Waals surface area (Å²) in [4.78, 5) is 14.5. The fourth-order valence-electron chi connectivity index (χ4n) is 6.66. The number of aromatic nitrogens is 3. The molecule has 2 aromatic heterocycles. The number of nitrogens with zero attached hydrogens (tertiary/aromatic N) is 3. The Morgan fingerprint density at radius 1 is 0.370 bits per heavy atom. The second kappa shape index (κ2) is 10.8. The van der Waals surface area contributed by atoms with Gasteiger partial charge in [-0.3, -0.25) is 4.98 Å². The van der Waals surface area contributed by atoms with Crippen molar-refractivity contribution in [3.05, 3.63) is 164 Å². The molecule has 9 aromatic rings. The van der Waals surface area contributed by atoms with E-state index in [2.05, 4.69) is 132 Å². The molecule has 0 fully saturated rings. The van der Waals surface area contributed by atoms with Crippen LogP contribution in [0.25, 0.3) is 88.5 Å². The summed E-state index contributed by atoms with van der Waals surface area (Å²) in [6.07, 6.45) is 3.68. The van der Waals surface area contributed by atoms with Crippen molar-refractivity contribution in [2.45, 2.75) is 0 Å². The normalized spacial score (nSPS) is 11.5. The van der Waals surface area contributed by atoms with Crippen LogP contribution in [0.5, 0.6) is 0 Å². The molecule has 0 aliphatic rings. The molecule has 0 amide bonds. The Labute approximate surface area is 266 Å². The Hall–Kier alpha value is -6.19. The first-order valence-corrected chi connectivity index (χ1v) is 15.5. The van der Waals surface area contributed by atoms with E-state index in [1.54, 1.807) is 6.20 Å². The molecule has 0 N–H and O–H groups in total. The Morgan fingerprint density at radius 3 is 1.74 bits per heavy atom. The van der Waals surface area contributed by atoms with Gasteiger partial charge in [0, 0.05) is 34.6 Å². The van der Waals surface area contributed by atoms with E-state index in [4.69, 9.17) is 9.97 Å². The minimum Gasteiger partial charge on any atom is -0.264 e. The molecule has 9 rings (SSSR count). The average Bonchev–Trinajstić information content (AvgIpc) is 3.14. The van der Waals surface area contributed by atoms with Crippen molar-refractivity contribution in [3.8, 4) is 56.2 Å². The largest absolute Gasteiger partial charge is 0.264 e. The highest BCUT2D eigenvalue weighted by Gasteiger charge is 2.14. The van der Waals surface area contributed by atoms with E-state index in [-0.39, 0.29) is 0 Å². The molecular weight excluding hydrogens is 558 g/mol. The molecule has 0 atom stereocenters. The first-order chi connectivity index (χ1) is 22.8. The zero-order valence-electron chi connectivity index (χ0n) is 24.9. The second-order valence-electron chi connectivity index (χ2n) is 11.7. The first kappa shape index (κ1) is 26.2. The van der Waals surface area contributed by atoms with E-state index in [9.17, 15) is 0 Å². The van der Waals surface area contributed by atoms with E-state index >= 15 is 0 Å². The smallest absolute Gasteiger partial charge is 0.160 e. The molecule has 2 heterocycles. The summed E-state index contributed by atoms with van der Waals surface area (Å²) in [5, 5.41) is 7.78. The number of hydrogen-bond donors (Lipinski definition) is 0. The molecule has 0 spiro atoms. The van der Waals surface area contributed by atoms with Gasteiger partial charge in [0.2, 0.25) is 0 Å². The lowest BCUT2D eigenvalue weighted by Gasteiger charge is -2.14. The van der Waals surface area contributed by atoms with Gasteiger partial charge in [-0.2, -0.15) is 0 Å². The summed E-state index contributed by atoms with van der Waals surface area (Å²) in [6.45, 7) is 0. The molecule has 0 radical (unpaired) electrons. The lowest BCUT2D eigenvalue weighted by atomic mass is 9.89. The van der Waals surface area contributed by atoms with Gasteiger partial charge >= 0.3 is 0 Å². The van der Waals surface area contributed by atoms with E-state index in [1.807, 2.05) is 30.5 Å². The molecule has 214 valence electrons. The molecule has 0 bridgehead atoms. The number of rotatable bonds is 5. The van der Waals surface area contributed by atoms with E-state index in [0.717, 1.165) is 39.2 Å². The van der Waals surface area contributed by atoms with Gasteiger partial charge in [-0.25, -0.2) is 9.97 Å². The summed E-state index contributed by atoms with van der Waals surface area (Å²) in [5.41, 5.74) is 9.41. The van der Waals surface area contributed by atoms with Crippen LogP contribution >= 0.6 is 0 Å². The molecule has 46 heavy (non-hydrogen) atoms. The molecule has 7 aromatic carbocycles. The predicted molar refractivity (Wildman–Crippen MR) is 191 cm³/mol. The molecule has 0 unspecified atom stereocenters. The van der Waals surface area contributed by atoms with Crippen molar-refractivity contribution in [1.82, 2.24) is 15.0 Å². The monoisotopic (exact) mass is 585 g/mol. The summed E-state index contributed by atoms with van der Waals surface area (Å²) in [6, 6.07) is 53.6. The van der Waals surface area contributed by atoms with E-state index < -0.39 is 0 Å². The van der Waals surface area contributed by atoms with Gasteiger partial charge in [-0.05, 0) is 67.2 Å². The Balaban J connectivity index is 1.15. The van der Waals surface area contributed by atoms with Crippen molar-refractivity contribution in [3.63, 3.8) is 0 Å². The van der Waals surface area contributed by atoms with Crippen molar-refractivity contribution in [2.75, 3.05) is 0 Å². The number of hydrogen-bond acceptors (Lipinski definition) is 3. The van der Waals surface area contributed by atoms with Crippen LogP contribution in [0.3, 0.4) is 0 Å². The zero-order valence-corrected chi connectivity index (χ0v) is 24.9.